The molecule has 7 nitrogen and oxygen atoms in total. The Bertz CT molecular complexity index is 1280. The van der Waals surface area contributed by atoms with Crippen molar-refractivity contribution < 1.29 is 19.5 Å². The van der Waals surface area contributed by atoms with E-state index in [4.69, 9.17) is 28.5 Å². The number of rotatable bonds is 7. The summed E-state index contributed by atoms with van der Waals surface area (Å²) in [6, 6.07) is 16.6. The molecule has 34 heavy (non-hydrogen) atoms. The van der Waals surface area contributed by atoms with Gasteiger partial charge < -0.3 is 15.7 Å². The van der Waals surface area contributed by atoms with E-state index in [0.29, 0.717) is 22.4 Å². The van der Waals surface area contributed by atoms with Crippen LogP contribution in [0, 0.1) is 18.3 Å². The minimum atomic E-state index is -1.19. The number of carbonyl (C=O) groups is 3. The molecule has 0 radical (unpaired) electrons. The zero-order valence-electron chi connectivity index (χ0n) is 17.9. The molecule has 3 rings (SSSR count). The van der Waals surface area contributed by atoms with Crippen LogP contribution in [-0.2, 0) is 11.2 Å². The maximum atomic E-state index is 12.6. The van der Waals surface area contributed by atoms with Gasteiger partial charge >= 0.3 is 5.97 Å². The van der Waals surface area contributed by atoms with Crippen molar-refractivity contribution in [2.45, 2.75) is 19.4 Å². The Kier molecular flexibility index (Phi) is 7.90. The maximum absolute atomic E-state index is 12.6. The quantitative estimate of drug-likeness (QED) is 0.432. The highest BCUT2D eigenvalue weighted by Gasteiger charge is 2.23. The van der Waals surface area contributed by atoms with Gasteiger partial charge in [0.05, 0.1) is 32.8 Å². The number of carboxylic acids is 1. The molecule has 0 aliphatic carbocycles. The van der Waals surface area contributed by atoms with Crippen LogP contribution in [0.2, 0.25) is 10.0 Å². The van der Waals surface area contributed by atoms with Gasteiger partial charge in [0, 0.05) is 12.1 Å². The van der Waals surface area contributed by atoms with Crippen LogP contribution in [0.15, 0.2) is 60.7 Å². The lowest BCUT2D eigenvalue weighted by molar-refractivity contribution is -0.139. The van der Waals surface area contributed by atoms with E-state index in [2.05, 4.69) is 10.6 Å². The minimum absolute atomic E-state index is 0.0227. The summed E-state index contributed by atoms with van der Waals surface area (Å²) in [4.78, 5) is 36.9. The Morgan fingerprint density at radius 3 is 2.32 bits per heavy atom. The fourth-order valence-electron chi connectivity index (χ4n) is 3.28. The van der Waals surface area contributed by atoms with Gasteiger partial charge in [-0.1, -0.05) is 47.5 Å². The number of aliphatic carboxylic acids is 1. The van der Waals surface area contributed by atoms with Crippen molar-refractivity contribution in [3.8, 4) is 6.07 Å². The summed E-state index contributed by atoms with van der Waals surface area (Å²) >= 11 is 12.2. The fraction of sp³-hybridized carbons (Fsp3) is 0.120. The molecule has 0 saturated heterocycles. The number of anilines is 1. The van der Waals surface area contributed by atoms with Crippen LogP contribution in [0.5, 0.6) is 0 Å². The second-order valence-electron chi connectivity index (χ2n) is 7.46. The number of aryl methyl sites for hydroxylation is 1. The van der Waals surface area contributed by atoms with Gasteiger partial charge in [0.2, 0.25) is 0 Å². The summed E-state index contributed by atoms with van der Waals surface area (Å²) in [5, 5.41) is 24.3. The lowest BCUT2D eigenvalue weighted by atomic mass is 10.0. The number of carbonyl (C=O) groups excluding carboxylic acids is 2. The summed E-state index contributed by atoms with van der Waals surface area (Å²) in [6.45, 7) is 1.72. The molecule has 0 aliphatic rings. The van der Waals surface area contributed by atoms with Gasteiger partial charge in [0.25, 0.3) is 11.8 Å². The molecule has 0 bridgehead atoms. The minimum Gasteiger partial charge on any atom is -0.480 e. The van der Waals surface area contributed by atoms with Crippen LogP contribution in [-0.4, -0.2) is 28.9 Å². The van der Waals surface area contributed by atoms with Crippen LogP contribution in [0.25, 0.3) is 0 Å². The van der Waals surface area contributed by atoms with Crippen molar-refractivity contribution >= 4 is 46.7 Å². The number of halogens is 2. The molecule has 0 heterocycles. The second-order valence-corrected chi connectivity index (χ2v) is 8.27. The van der Waals surface area contributed by atoms with Gasteiger partial charge in [-0.25, -0.2) is 4.79 Å². The number of nitriles is 1. The molecule has 3 N–H and O–H groups in total. The molecule has 0 aliphatic heterocycles. The molecular formula is C25H19Cl2N3O4. The number of nitrogens with zero attached hydrogens (tertiary/aromatic N) is 1. The Morgan fingerprint density at radius 2 is 1.71 bits per heavy atom. The number of benzene rings is 3. The highest BCUT2D eigenvalue weighted by Crippen LogP contribution is 2.21. The lowest BCUT2D eigenvalue weighted by Gasteiger charge is -2.16. The van der Waals surface area contributed by atoms with E-state index in [1.54, 1.807) is 49.4 Å². The topological polar surface area (TPSA) is 119 Å². The first kappa shape index (κ1) is 24.8. The van der Waals surface area contributed by atoms with Crippen molar-refractivity contribution in [3.05, 3.63) is 98.5 Å². The van der Waals surface area contributed by atoms with E-state index < -0.39 is 23.8 Å². The molecule has 0 saturated carbocycles. The smallest absolute Gasteiger partial charge is 0.326 e. The van der Waals surface area contributed by atoms with Crippen LogP contribution < -0.4 is 10.6 Å². The van der Waals surface area contributed by atoms with Gasteiger partial charge in [-0.3, -0.25) is 9.59 Å². The normalized spacial score (nSPS) is 11.2. The van der Waals surface area contributed by atoms with E-state index in [9.17, 15) is 19.5 Å². The molecule has 0 aromatic heterocycles. The Labute approximate surface area is 205 Å². The zero-order valence-corrected chi connectivity index (χ0v) is 19.4. The predicted octanol–water partition coefficient (Wildman–Crippen LogP) is 4.85. The molecule has 172 valence electrons. The molecule has 2 amide bonds. The van der Waals surface area contributed by atoms with Crippen molar-refractivity contribution in [2.24, 2.45) is 0 Å². The van der Waals surface area contributed by atoms with E-state index in [1.807, 2.05) is 6.07 Å². The summed E-state index contributed by atoms with van der Waals surface area (Å²) in [5.41, 5.74) is 2.41. The van der Waals surface area contributed by atoms with Crippen molar-refractivity contribution in [1.29, 1.82) is 5.26 Å². The van der Waals surface area contributed by atoms with E-state index in [1.165, 1.54) is 18.2 Å². The fourth-order valence-corrected chi connectivity index (χ4v) is 3.79. The van der Waals surface area contributed by atoms with Crippen LogP contribution in [0.3, 0.4) is 0 Å². The van der Waals surface area contributed by atoms with Gasteiger partial charge in [-0.15, -0.1) is 0 Å². The monoisotopic (exact) mass is 495 g/mol. The predicted molar refractivity (Wildman–Crippen MR) is 129 cm³/mol. The number of nitrogens with one attached hydrogen (secondary N) is 2. The van der Waals surface area contributed by atoms with E-state index in [-0.39, 0.29) is 27.6 Å². The number of hydrogen-bond acceptors (Lipinski definition) is 4. The molecule has 0 fully saturated rings. The van der Waals surface area contributed by atoms with Crippen LogP contribution >= 0.6 is 23.2 Å². The second kappa shape index (κ2) is 10.8. The van der Waals surface area contributed by atoms with Crippen molar-refractivity contribution in [2.75, 3.05) is 5.32 Å². The average Bonchev–Trinajstić information content (AvgIpc) is 2.80. The summed E-state index contributed by atoms with van der Waals surface area (Å²) < 4.78 is 0. The molecule has 0 spiro atoms. The first-order valence-electron chi connectivity index (χ1n) is 10.1. The number of amides is 2. The summed E-state index contributed by atoms with van der Waals surface area (Å²) in [6.07, 6.45) is 0.0227. The van der Waals surface area contributed by atoms with Gasteiger partial charge in [-0.2, -0.15) is 5.26 Å². The summed E-state index contributed by atoms with van der Waals surface area (Å²) in [7, 11) is 0. The Balaban J connectivity index is 1.70. The molecular weight excluding hydrogens is 477 g/mol. The number of carboxylic acid groups (broad SMARTS) is 1. The molecule has 9 heteroatoms. The SMILES string of the molecule is Cc1cccc(Cl)c1C(=O)N[C@@H](Cc1ccc(NC(=O)c2cc(C#N)ccc2Cl)cc1)C(=O)O. The first-order chi connectivity index (χ1) is 16.2. The van der Waals surface area contributed by atoms with Gasteiger partial charge in [0.1, 0.15) is 6.04 Å². The van der Waals surface area contributed by atoms with Crippen molar-refractivity contribution in [1.82, 2.24) is 5.32 Å². The lowest BCUT2D eigenvalue weighted by Crippen LogP contribution is -2.42. The van der Waals surface area contributed by atoms with E-state index >= 15 is 0 Å². The number of hydrogen-bond donors (Lipinski definition) is 3. The van der Waals surface area contributed by atoms with E-state index in [0.717, 1.165) is 0 Å². The first-order valence-corrected chi connectivity index (χ1v) is 10.8. The molecule has 3 aromatic rings. The zero-order chi connectivity index (χ0) is 24.8. The highest BCUT2D eigenvalue weighted by atomic mass is 35.5. The standard InChI is InChI=1S/C25H19Cl2N3O4/c1-14-3-2-4-20(27)22(14)24(32)30-21(25(33)34)12-15-5-8-17(9-6-15)29-23(31)18-11-16(13-28)7-10-19(18)26/h2-11,21H,12H2,1H3,(H,29,31)(H,30,32)(H,33,34)/t21-/m0/s1. The molecule has 3 aromatic carbocycles. The molecule has 1 atom stereocenters. The van der Waals surface area contributed by atoms with Crippen LogP contribution in [0.4, 0.5) is 5.69 Å². The Hall–Kier alpha value is -3.86. The van der Waals surface area contributed by atoms with Crippen LogP contribution in [0.1, 0.15) is 37.4 Å². The average molecular weight is 496 g/mol. The maximum Gasteiger partial charge on any atom is 0.326 e. The Morgan fingerprint density at radius 1 is 1.00 bits per heavy atom. The highest BCUT2D eigenvalue weighted by molar-refractivity contribution is 6.34. The largest absolute Gasteiger partial charge is 0.480 e. The van der Waals surface area contributed by atoms with Gasteiger partial charge in [0.15, 0.2) is 0 Å². The molecule has 0 unspecified atom stereocenters. The third kappa shape index (κ3) is 5.93. The van der Waals surface area contributed by atoms with Gasteiger partial charge in [-0.05, 0) is 54.4 Å². The van der Waals surface area contributed by atoms with Crippen molar-refractivity contribution in [3.63, 3.8) is 0 Å². The summed E-state index contributed by atoms with van der Waals surface area (Å²) in [5.74, 6) is -2.25. The third-order valence-electron chi connectivity index (χ3n) is 5.04. The third-order valence-corrected chi connectivity index (χ3v) is 5.69.